The summed E-state index contributed by atoms with van der Waals surface area (Å²) in [6, 6.07) is -13.2. The fourth-order valence-electron chi connectivity index (χ4n) is 6.44. The van der Waals surface area contributed by atoms with Crippen LogP contribution in [0.2, 0.25) is 0 Å². The summed E-state index contributed by atoms with van der Waals surface area (Å²) in [5.41, 5.74) is 16.5. The maximum atomic E-state index is 14.0. The number of aliphatic hydroxyl groups is 1. The number of aliphatic hydroxyl groups excluding tert-OH is 1. The number of hydrogen-bond acceptors (Lipinski definition) is 15. The van der Waals surface area contributed by atoms with Crippen LogP contribution in [0.4, 0.5) is 0 Å². The Labute approximate surface area is 396 Å². The highest BCUT2D eigenvalue weighted by molar-refractivity contribution is 5.99. The van der Waals surface area contributed by atoms with E-state index in [-0.39, 0.29) is 44.7 Å². The van der Waals surface area contributed by atoms with Crippen molar-refractivity contribution < 1.29 is 78.0 Å². The Morgan fingerprint density at radius 3 is 1.49 bits per heavy atom. The Bertz CT molecular complexity index is 1890. The van der Waals surface area contributed by atoms with Crippen LogP contribution < -0.4 is 65.1 Å². The van der Waals surface area contributed by atoms with Gasteiger partial charge < -0.3 is 85.5 Å². The predicted molar refractivity (Wildman–Crippen MR) is 239 cm³/mol. The van der Waals surface area contributed by atoms with Gasteiger partial charge >= 0.3 is 17.9 Å². The van der Waals surface area contributed by atoms with Crippen molar-refractivity contribution in [1.29, 1.82) is 0 Å². The molecule has 388 valence electrons. The highest BCUT2D eigenvalue weighted by Gasteiger charge is 2.36. The van der Waals surface area contributed by atoms with Crippen molar-refractivity contribution in [2.24, 2.45) is 28.1 Å². The van der Waals surface area contributed by atoms with E-state index in [9.17, 15) is 78.0 Å². The van der Waals surface area contributed by atoms with Gasteiger partial charge in [-0.15, -0.1) is 0 Å². The van der Waals surface area contributed by atoms with Gasteiger partial charge in [0.15, 0.2) is 5.96 Å². The maximum Gasteiger partial charge on any atom is 0.305 e. The monoisotopic (exact) mass is 985 g/mol. The summed E-state index contributed by atoms with van der Waals surface area (Å²) in [5.74, 6) is -15.3. The molecule has 1 aliphatic rings. The van der Waals surface area contributed by atoms with Gasteiger partial charge in [-0.1, -0.05) is 13.8 Å². The van der Waals surface area contributed by atoms with Gasteiger partial charge in [0.1, 0.15) is 48.3 Å². The summed E-state index contributed by atoms with van der Waals surface area (Å²) >= 11 is 0. The number of carboxylic acid groups (broad SMARTS) is 3. The molecule has 29 heteroatoms. The SMILES string of the molecule is CC(C)[C@@H]1NC(=O)[C@H](CCCN=C(N)N)NC(=O)[C@H](CCCCN)NC(=O)[C@H](CCC(=O)O)NC(=O)CNC(=O)[C@H]([C@@H](C)O)NC(=O)[C@H](CCC(=O)O)NC(=O)[C@H](C)NC(=O)[C@H](CC(=O)O)NC1=O. The number of guanidine groups is 1. The molecule has 0 spiro atoms. The number of rotatable bonds is 18. The molecule has 29 nitrogen and oxygen atoms in total. The molecule has 1 fully saturated rings. The molecule has 0 bridgehead atoms. The molecule has 0 unspecified atom stereocenters. The van der Waals surface area contributed by atoms with Crippen molar-refractivity contribution in [3.63, 3.8) is 0 Å². The molecule has 1 saturated heterocycles. The Morgan fingerprint density at radius 1 is 0.565 bits per heavy atom. The zero-order valence-corrected chi connectivity index (χ0v) is 38.8. The third-order valence-corrected chi connectivity index (χ3v) is 10.2. The van der Waals surface area contributed by atoms with E-state index in [2.05, 4.69) is 52.8 Å². The molecule has 9 atom stereocenters. The molecular formula is C40H67N13O16. The van der Waals surface area contributed by atoms with Gasteiger partial charge in [0.2, 0.25) is 53.2 Å². The fraction of sp³-hybridized carbons (Fsp3) is 0.675. The quantitative estimate of drug-likeness (QED) is 0.0345. The van der Waals surface area contributed by atoms with E-state index in [1.165, 1.54) is 13.8 Å². The van der Waals surface area contributed by atoms with Gasteiger partial charge in [-0.25, -0.2) is 0 Å². The van der Waals surface area contributed by atoms with E-state index >= 15 is 0 Å². The summed E-state index contributed by atoms with van der Waals surface area (Å²) in [6.07, 6.45) is -4.89. The molecule has 0 radical (unpaired) electrons. The molecule has 1 rings (SSSR count). The number of carboxylic acids is 3. The Kier molecular flexibility index (Phi) is 26.2. The zero-order chi connectivity index (χ0) is 52.5. The van der Waals surface area contributed by atoms with Gasteiger partial charge in [-0.2, -0.15) is 0 Å². The smallest absolute Gasteiger partial charge is 0.305 e. The van der Waals surface area contributed by atoms with Crippen LogP contribution in [0, 0.1) is 5.92 Å². The van der Waals surface area contributed by atoms with Crippen molar-refractivity contribution in [2.45, 2.75) is 146 Å². The van der Waals surface area contributed by atoms with E-state index in [0.717, 1.165) is 13.8 Å². The number of aliphatic carboxylic acids is 3. The third-order valence-electron chi connectivity index (χ3n) is 10.2. The molecule has 1 heterocycles. The number of amides is 9. The molecule has 0 aliphatic carbocycles. The highest BCUT2D eigenvalue weighted by atomic mass is 16.4. The minimum absolute atomic E-state index is 0.0317. The number of aliphatic imine (C=N–C) groups is 1. The minimum atomic E-state index is -1.89. The molecule has 0 aromatic heterocycles. The Hall–Kier alpha value is -7.17. The van der Waals surface area contributed by atoms with Crippen LogP contribution in [-0.2, 0) is 57.5 Å². The van der Waals surface area contributed by atoms with E-state index in [4.69, 9.17) is 17.2 Å². The van der Waals surface area contributed by atoms with Gasteiger partial charge in [0, 0.05) is 19.4 Å². The van der Waals surface area contributed by atoms with Crippen molar-refractivity contribution in [1.82, 2.24) is 47.9 Å². The summed E-state index contributed by atoms with van der Waals surface area (Å²) in [7, 11) is 0. The summed E-state index contributed by atoms with van der Waals surface area (Å²) in [4.78, 5) is 161. The number of carbonyl (C=O) groups excluding carboxylic acids is 9. The van der Waals surface area contributed by atoms with Gasteiger partial charge in [-0.05, 0) is 71.3 Å². The Morgan fingerprint density at radius 2 is 1.01 bits per heavy atom. The fourth-order valence-corrected chi connectivity index (χ4v) is 6.44. The summed E-state index contributed by atoms with van der Waals surface area (Å²) in [5, 5.41) is 59.5. The maximum absolute atomic E-state index is 14.0. The van der Waals surface area contributed by atoms with E-state index in [0.29, 0.717) is 6.42 Å². The first-order valence-electron chi connectivity index (χ1n) is 22.1. The number of nitrogens with two attached hydrogens (primary N) is 3. The molecule has 19 N–H and O–H groups in total. The van der Waals surface area contributed by atoms with Crippen molar-refractivity contribution in [3.8, 4) is 0 Å². The van der Waals surface area contributed by atoms with Gasteiger partial charge in [0.05, 0.1) is 19.1 Å². The normalized spacial score (nSPS) is 24.8. The molecule has 1 aliphatic heterocycles. The van der Waals surface area contributed by atoms with Crippen LogP contribution >= 0.6 is 0 Å². The molecule has 0 saturated carbocycles. The number of hydrogen-bond donors (Lipinski definition) is 16. The Balaban J connectivity index is 3.93. The topological polar surface area (TPSA) is 484 Å². The van der Waals surface area contributed by atoms with Crippen LogP contribution in [0.1, 0.15) is 91.9 Å². The minimum Gasteiger partial charge on any atom is -0.481 e. The van der Waals surface area contributed by atoms with Crippen LogP contribution in [-0.4, -0.2) is 172 Å². The zero-order valence-electron chi connectivity index (χ0n) is 38.8. The van der Waals surface area contributed by atoms with E-state index < -0.39 is 170 Å². The lowest BCUT2D eigenvalue weighted by Gasteiger charge is -2.28. The lowest BCUT2D eigenvalue weighted by Crippen LogP contribution is -2.61. The van der Waals surface area contributed by atoms with Gasteiger partial charge in [0.25, 0.3) is 0 Å². The molecule has 9 amide bonds. The van der Waals surface area contributed by atoms with E-state index in [1.54, 1.807) is 0 Å². The van der Waals surface area contributed by atoms with Crippen molar-refractivity contribution >= 4 is 77.0 Å². The van der Waals surface area contributed by atoms with Crippen LogP contribution in [0.25, 0.3) is 0 Å². The van der Waals surface area contributed by atoms with Crippen LogP contribution in [0.5, 0.6) is 0 Å². The van der Waals surface area contributed by atoms with E-state index in [1.807, 2.05) is 0 Å². The average Bonchev–Trinajstić information content (AvgIpc) is 3.25. The number of nitrogens with zero attached hydrogens (tertiary/aromatic N) is 1. The second-order valence-corrected chi connectivity index (χ2v) is 16.5. The molecule has 0 aromatic carbocycles. The lowest BCUT2D eigenvalue weighted by molar-refractivity contribution is -0.142. The first-order valence-corrected chi connectivity index (χ1v) is 22.1. The number of unbranched alkanes of at least 4 members (excludes halogenated alkanes) is 1. The number of nitrogens with one attached hydrogen (secondary N) is 9. The van der Waals surface area contributed by atoms with Gasteiger partial charge in [-0.3, -0.25) is 62.5 Å². The van der Waals surface area contributed by atoms with Crippen LogP contribution in [0.3, 0.4) is 0 Å². The van der Waals surface area contributed by atoms with Crippen molar-refractivity contribution in [2.75, 3.05) is 19.6 Å². The largest absolute Gasteiger partial charge is 0.481 e. The van der Waals surface area contributed by atoms with Crippen molar-refractivity contribution in [3.05, 3.63) is 0 Å². The van der Waals surface area contributed by atoms with Crippen LogP contribution in [0.15, 0.2) is 4.99 Å². The molecule has 69 heavy (non-hydrogen) atoms. The summed E-state index contributed by atoms with van der Waals surface area (Å²) < 4.78 is 0. The second-order valence-electron chi connectivity index (χ2n) is 16.5. The highest BCUT2D eigenvalue weighted by Crippen LogP contribution is 2.10. The lowest BCUT2D eigenvalue weighted by atomic mass is 10.0. The number of carbonyl (C=O) groups is 12. The summed E-state index contributed by atoms with van der Waals surface area (Å²) in [6.45, 7) is 4.36. The molecular weight excluding hydrogens is 919 g/mol. The third kappa shape index (κ3) is 22.9. The predicted octanol–water partition coefficient (Wildman–Crippen LogP) is -6.56. The second kappa shape index (κ2) is 30.3. The first-order chi connectivity index (χ1) is 32.3. The average molecular weight is 986 g/mol. The standard InChI is InChI=1S/C40H67N13O16/c1-18(2)30-39(69)51-25(16-29(60)61)37(67)46-19(3)32(62)48-24(11-13-28(58)59)36(66)53-31(20(4)54)38(68)45-17-26(55)47-23(10-12-27(56)57)34(64)49-21(8-5-6-14-41)33(63)50-22(35(65)52-30)9-7-15-44-40(42)43/h18-25,30-31,54H,5-17,41H2,1-4H3,(H,45,68)(H,46,67)(H,47,55)(H,48,62)(H,49,64)(H,50,63)(H,51,69)(H,52,65)(H,53,66)(H,56,57)(H,58,59)(H,60,61)(H4,42,43,44)/t19-,20+,21-,22-,23-,24-,25-,30-,31-/m0/s1. The first kappa shape index (κ1) is 59.8. The molecule has 0 aromatic rings.